The molecule has 27 heavy (non-hydrogen) atoms. The van der Waals surface area contributed by atoms with Crippen molar-refractivity contribution >= 4 is 21.8 Å². The van der Waals surface area contributed by atoms with Crippen molar-refractivity contribution in [1.29, 1.82) is 0 Å². The minimum atomic E-state index is -0.166. The molecular formula is C21H20BrN3O2. The molecule has 1 N–H and O–H groups in total. The summed E-state index contributed by atoms with van der Waals surface area (Å²) in [6.45, 7) is 0.916. The molecule has 3 rings (SSSR count). The summed E-state index contributed by atoms with van der Waals surface area (Å²) in [5.41, 5.74) is 2.56. The maximum absolute atomic E-state index is 12.0. The molecule has 0 atom stereocenters. The van der Waals surface area contributed by atoms with Crippen molar-refractivity contribution in [2.45, 2.75) is 25.9 Å². The lowest BCUT2D eigenvalue weighted by Gasteiger charge is -2.08. The lowest BCUT2D eigenvalue weighted by molar-refractivity contribution is -0.121. The summed E-state index contributed by atoms with van der Waals surface area (Å²) in [7, 11) is 0. The second-order valence-electron chi connectivity index (χ2n) is 6.15. The van der Waals surface area contributed by atoms with E-state index >= 15 is 0 Å². The number of rotatable bonds is 7. The molecule has 0 saturated carbocycles. The van der Waals surface area contributed by atoms with Crippen LogP contribution >= 0.6 is 15.9 Å². The second kappa shape index (κ2) is 9.28. The van der Waals surface area contributed by atoms with Crippen molar-refractivity contribution in [1.82, 2.24) is 15.1 Å². The van der Waals surface area contributed by atoms with Crippen LogP contribution in [-0.4, -0.2) is 15.7 Å². The van der Waals surface area contributed by atoms with Gasteiger partial charge in [0.2, 0.25) is 5.91 Å². The highest BCUT2D eigenvalue weighted by Crippen LogP contribution is 2.18. The molecule has 0 fully saturated rings. The molecule has 3 aromatic rings. The average molecular weight is 426 g/mol. The van der Waals surface area contributed by atoms with Crippen LogP contribution in [-0.2, 0) is 17.9 Å². The number of carbonyl (C=O) groups is 1. The van der Waals surface area contributed by atoms with Gasteiger partial charge in [-0.05, 0) is 30.2 Å². The highest BCUT2D eigenvalue weighted by atomic mass is 79.9. The van der Waals surface area contributed by atoms with E-state index < -0.39 is 0 Å². The highest BCUT2D eigenvalue weighted by molar-refractivity contribution is 9.10. The Hall–Kier alpha value is -2.73. The number of aryl methyl sites for hydroxylation is 1. The minimum Gasteiger partial charge on any atom is -0.352 e. The van der Waals surface area contributed by atoms with E-state index in [0.717, 1.165) is 21.3 Å². The first-order chi connectivity index (χ1) is 13.1. The number of nitrogens with one attached hydrogen (secondary N) is 1. The van der Waals surface area contributed by atoms with E-state index in [9.17, 15) is 9.59 Å². The number of hydrogen-bond donors (Lipinski definition) is 1. The zero-order chi connectivity index (χ0) is 19.1. The molecule has 0 aliphatic heterocycles. The van der Waals surface area contributed by atoms with Crippen LogP contribution in [0.3, 0.4) is 0 Å². The predicted octanol–water partition coefficient (Wildman–Crippen LogP) is 3.77. The summed E-state index contributed by atoms with van der Waals surface area (Å²) in [6, 6.07) is 20.8. The third-order valence-corrected chi connectivity index (χ3v) is 4.64. The van der Waals surface area contributed by atoms with Gasteiger partial charge in [0.1, 0.15) is 0 Å². The number of benzene rings is 2. The Labute approximate surface area is 166 Å². The highest BCUT2D eigenvalue weighted by Gasteiger charge is 2.06. The Morgan fingerprint density at radius 1 is 1.00 bits per heavy atom. The molecule has 0 radical (unpaired) electrons. The fourth-order valence-electron chi connectivity index (χ4n) is 2.66. The quantitative estimate of drug-likeness (QED) is 0.626. The first-order valence-corrected chi connectivity index (χ1v) is 9.56. The number of amides is 1. The van der Waals surface area contributed by atoms with Gasteiger partial charge in [0.25, 0.3) is 5.56 Å². The lowest BCUT2D eigenvalue weighted by atomic mass is 10.1. The molecule has 0 saturated heterocycles. The predicted molar refractivity (Wildman–Crippen MR) is 109 cm³/mol. The summed E-state index contributed by atoms with van der Waals surface area (Å²) in [5, 5.41) is 7.31. The summed E-state index contributed by atoms with van der Waals surface area (Å²) < 4.78 is 2.41. The van der Waals surface area contributed by atoms with Crippen molar-refractivity contribution in [3.05, 3.63) is 87.1 Å². The van der Waals surface area contributed by atoms with Crippen molar-refractivity contribution in [2.75, 3.05) is 0 Å². The van der Waals surface area contributed by atoms with Gasteiger partial charge in [-0.3, -0.25) is 9.59 Å². The van der Waals surface area contributed by atoms with Crippen molar-refractivity contribution in [3.63, 3.8) is 0 Å². The SMILES string of the molecule is O=C(CCCn1nc(-c2ccc(Br)cc2)ccc1=O)NCc1ccccc1. The van der Waals surface area contributed by atoms with Gasteiger partial charge in [-0.15, -0.1) is 0 Å². The first kappa shape index (κ1) is 19.0. The smallest absolute Gasteiger partial charge is 0.266 e. The Bertz CT molecular complexity index is 953. The van der Waals surface area contributed by atoms with Crippen LogP contribution in [0.2, 0.25) is 0 Å². The lowest BCUT2D eigenvalue weighted by Crippen LogP contribution is -2.25. The molecule has 1 aromatic heterocycles. The summed E-state index contributed by atoms with van der Waals surface area (Å²) >= 11 is 3.41. The summed E-state index contributed by atoms with van der Waals surface area (Å²) in [4.78, 5) is 24.0. The molecule has 2 aromatic carbocycles. The molecule has 5 nitrogen and oxygen atoms in total. The third kappa shape index (κ3) is 5.62. The summed E-state index contributed by atoms with van der Waals surface area (Å²) in [6.07, 6.45) is 0.904. The monoisotopic (exact) mass is 425 g/mol. The largest absolute Gasteiger partial charge is 0.352 e. The van der Waals surface area contributed by atoms with Crippen molar-refractivity contribution in [3.8, 4) is 11.3 Å². The van der Waals surface area contributed by atoms with E-state index in [1.54, 1.807) is 6.07 Å². The van der Waals surface area contributed by atoms with Gasteiger partial charge in [0.05, 0.1) is 5.69 Å². The minimum absolute atomic E-state index is 0.0315. The van der Waals surface area contributed by atoms with Gasteiger partial charge in [-0.2, -0.15) is 5.10 Å². The van der Waals surface area contributed by atoms with Gasteiger partial charge in [0.15, 0.2) is 0 Å². The molecule has 1 heterocycles. The third-order valence-electron chi connectivity index (χ3n) is 4.11. The fraction of sp³-hybridized carbons (Fsp3) is 0.190. The molecule has 0 aliphatic rings. The molecule has 1 amide bonds. The molecule has 0 bridgehead atoms. The fourth-order valence-corrected chi connectivity index (χ4v) is 2.92. The van der Waals surface area contributed by atoms with Crippen LogP contribution in [0.4, 0.5) is 0 Å². The Balaban J connectivity index is 1.54. The molecule has 0 spiro atoms. The van der Waals surface area contributed by atoms with E-state index in [2.05, 4.69) is 26.3 Å². The first-order valence-electron chi connectivity index (χ1n) is 8.76. The number of aromatic nitrogens is 2. The van der Waals surface area contributed by atoms with Crippen LogP contribution in [0.5, 0.6) is 0 Å². The maximum atomic E-state index is 12.0. The maximum Gasteiger partial charge on any atom is 0.266 e. The molecule has 0 unspecified atom stereocenters. The van der Waals surface area contributed by atoms with Gasteiger partial charge in [-0.25, -0.2) is 4.68 Å². The Morgan fingerprint density at radius 3 is 2.48 bits per heavy atom. The van der Waals surface area contributed by atoms with E-state index in [-0.39, 0.29) is 11.5 Å². The van der Waals surface area contributed by atoms with Gasteiger partial charge in [0, 0.05) is 35.6 Å². The molecule has 138 valence electrons. The summed E-state index contributed by atoms with van der Waals surface area (Å²) in [5.74, 6) is -0.0315. The van der Waals surface area contributed by atoms with Crippen LogP contribution in [0, 0.1) is 0 Å². The van der Waals surface area contributed by atoms with Gasteiger partial charge >= 0.3 is 0 Å². The Kier molecular flexibility index (Phi) is 6.54. The molecule has 0 aliphatic carbocycles. The van der Waals surface area contributed by atoms with E-state index in [1.165, 1.54) is 10.7 Å². The van der Waals surface area contributed by atoms with Crippen molar-refractivity contribution in [2.24, 2.45) is 0 Å². The number of hydrogen-bond acceptors (Lipinski definition) is 3. The van der Waals surface area contributed by atoms with E-state index in [4.69, 9.17) is 0 Å². The van der Waals surface area contributed by atoms with Gasteiger partial charge < -0.3 is 5.32 Å². The van der Waals surface area contributed by atoms with Crippen molar-refractivity contribution < 1.29 is 4.79 Å². The zero-order valence-electron chi connectivity index (χ0n) is 14.8. The van der Waals surface area contributed by atoms with E-state index in [1.807, 2.05) is 54.6 Å². The van der Waals surface area contributed by atoms with Crippen LogP contribution in [0.15, 0.2) is 76.0 Å². The average Bonchev–Trinajstić information content (AvgIpc) is 2.69. The topological polar surface area (TPSA) is 64.0 Å². The van der Waals surface area contributed by atoms with Gasteiger partial charge in [-0.1, -0.05) is 58.4 Å². The second-order valence-corrected chi connectivity index (χ2v) is 7.07. The Morgan fingerprint density at radius 2 is 1.74 bits per heavy atom. The number of nitrogens with zero attached hydrogens (tertiary/aromatic N) is 2. The molecular weight excluding hydrogens is 406 g/mol. The number of halogens is 1. The number of carbonyl (C=O) groups excluding carboxylic acids is 1. The van der Waals surface area contributed by atoms with Crippen LogP contribution < -0.4 is 10.9 Å². The van der Waals surface area contributed by atoms with Crippen LogP contribution in [0.1, 0.15) is 18.4 Å². The van der Waals surface area contributed by atoms with E-state index in [0.29, 0.717) is 25.9 Å². The standard InChI is InChI=1S/C21H20BrN3O2/c22-18-10-8-17(9-11-18)19-12-13-21(27)25(24-19)14-4-7-20(26)23-15-16-5-2-1-3-6-16/h1-3,5-6,8-13H,4,7,14-15H2,(H,23,26). The molecule has 6 heteroatoms. The zero-order valence-corrected chi connectivity index (χ0v) is 16.4. The van der Waals surface area contributed by atoms with Crippen LogP contribution in [0.25, 0.3) is 11.3 Å². The normalized spacial score (nSPS) is 10.6.